The zero-order valence-corrected chi connectivity index (χ0v) is 9.05. The van der Waals surface area contributed by atoms with E-state index >= 15 is 0 Å². The molecule has 1 aliphatic rings. The Hall–Kier alpha value is -0.370. The summed E-state index contributed by atoms with van der Waals surface area (Å²) in [6.45, 7) is 8.06. The van der Waals surface area contributed by atoms with E-state index in [1.54, 1.807) is 0 Å². The Morgan fingerprint density at radius 1 is 1.33 bits per heavy atom. The highest BCUT2D eigenvalue weighted by Crippen LogP contribution is 2.15. The molecule has 1 atom stereocenters. The first-order valence-electron chi connectivity index (χ1n) is 4.86. The molecule has 0 aliphatic carbocycles. The van der Waals surface area contributed by atoms with Crippen LogP contribution in [0, 0.1) is 5.92 Å². The molecule has 2 heteroatoms. The van der Waals surface area contributed by atoms with Gasteiger partial charge in [-0.15, -0.1) is 0 Å². The summed E-state index contributed by atoms with van der Waals surface area (Å²) in [5, 5.41) is 0. The van der Waals surface area contributed by atoms with Gasteiger partial charge in [0.15, 0.2) is 0 Å². The molecule has 0 aromatic heterocycles. The van der Waals surface area contributed by atoms with Crippen LogP contribution >= 0.6 is 0 Å². The summed E-state index contributed by atoms with van der Waals surface area (Å²) < 4.78 is 1.01. The number of hydrogen-bond donors (Lipinski definition) is 0. The van der Waals surface area contributed by atoms with Crippen LogP contribution in [0.1, 0.15) is 27.2 Å². The van der Waals surface area contributed by atoms with Crippen molar-refractivity contribution in [3.05, 3.63) is 0 Å². The molecule has 0 aromatic rings. The van der Waals surface area contributed by atoms with E-state index < -0.39 is 0 Å². The van der Waals surface area contributed by atoms with Crippen LogP contribution in [0.25, 0.3) is 0 Å². The van der Waals surface area contributed by atoms with Crippen LogP contribution in [0.4, 0.5) is 0 Å². The van der Waals surface area contributed by atoms with Crippen LogP contribution in [-0.2, 0) is 4.79 Å². The number of nitrogens with zero attached hydrogens (tertiary/aromatic N) is 1. The lowest BCUT2D eigenvalue weighted by Crippen LogP contribution is -2.50. The van der Waals surface area contributed by atoms with Crippen LogP contribution in [0.15, 0.2) is 0 Å². The minimum Gasteiger partial charge on any atom is -0.328 e. The van der Waals surface area contributed by atoms with Crippen molar-refractivity contribution in [3.63, 3.8) is 0 Å². The second kappa shape index (κ2) is 4.61. The Morgan fingerprint density at radius 3 is 2.17 bits per heavy atom. The molecule has 1 unspecified atom stereocenters. The van der Waals surface area contributed by atoms with Gasteiger partial charge >= 0.3 is 0 Å². The summed E-state index contributed by atoms with van der Waals surface area (Å²) in [4.78, 5) is 11.1. The molecule has 12 heavy (non-hydrogen) atoms. The predicted octanol–water partition coefficient (Wildman–Crippen LogP) is 1.70. The molecule has 0 bridgehead atoms. The number of likely N-dealkylation sites (tertiary alicyclic amines) is 1. The number of hydrogen-bond acceptors (Lipinski definition) is 1. The van der Waals surface area contributed by atoms with E-state index in [1.165, 1.54) is 0 Å². The van der Waals surface area contributed by atoms with Crippen molar-refractivity contribution in [1.82, 2.24) is 0 Å². The van der Waals surface area contributed by atoms with E-state index in [2.05, 4.69) is 14.1 Å². The van der Waals surface area contributed by atoms with Crippen molar-refractivity contribution in [3.8, 4) is 0 Å². The lowest BCUT2D eigenvalue weighted by atomic mass is 9.97. The van der Waals surface area contributed by atoms with Gasteiger partial charge in [-0.3, -0.25) is 4.79 Å². The number of piperidine rings is 1. The van der Waals surface area contributed by atoms with Gasteiger partial charge in [-0.2, -0.15) is 0 Å². The number of carbonyl (C=O) groups excluding carboxylic acids is 1. The molecule has 1 heterocycles. The van der Waals surface area contributed by atoms with Gasteiger partial charge in [-0.25, -0.2) is 0 Å². The summed E-state index contributed by atoms with van der Waals surface area (Å²) >= 11 is 0. The summed E-state index contributed by atoms with van der Waals surface area (Å²) in [5.41, 5.74) is 0. The van der Waals surface area contributed by atoms with Gasteiger partial charge < -0.3 is 4.48 Å². The predicted molar refractivity (Wildman–Crippen MR) is 52.0 cm³/mol. The molecule has 0 amide bonds. The van der Waals surface area contributed by atoms with E-state index in [4.69, 9.17) is 0 Å². The monoisotopic (exact) mass is 172 g/mol. The van der Waals surface area contributed by atoms with Crippen LogP contribution in [0.2, 0.25) is 0 Å². The maximum Gasteiger partial charge on any atom is 0.146 e. The lowest BCUT2D eigenvalue weighted by Gasteiger charge is -2.35. The van der Waals surface area contributed by atoms with Crippen molar-refractivity contribution in [2.75, 3.05) is 27.2 Å². The normalized spacial score (nSPS) is 27.4. The SMILES string of the molecule is CC.CC1C[N+](C)(C)CCC1=O. The highest BCUT2D eigenvalue weighted by molar-refractivity contribution is 5.81. The molecule has 1 saturated heterocycles. The average Bonchev–Trinajstić information content (AvgIpc) is 2.01. The van der Waals surface area contributed by atoms with E-state index in [-0.39, 0.29) is 5.92 Å². The van der Waals surface area contributed by atoms with Crippen LogP contribution in [-0.4, -0.2) is 37.5 Å². The van der Waals surface area contributed by atoms with Gasteiger partial charge in [0.05, 0.1) is 39.5 Å². The van der Waals surface area contributed by atoms with E-state index in [9.17, 15) is 4.79 Å². The first-order chi connectivity index (χ1) is 5.51. The average molecular weight is 172 g/mol. The van der Waals surface area contributed by atoms with Gasteiger partial charge in [0, 0.05) is 0 Å². The zero-order chi connectivity index (χ0) is 9.78. The molecular formula is C10H22NO+. The molecule has 0 saturated carbocycles. The largest absolute Gasteiger partial charge is 0.328 e. The zero-order valence-electron chi connectivity index (χ0n) is 9.05. The molecule has 0 aromatic carbocycles. The first kappa shape index (κ1) is 11.6. The highest BCUT2D eigenvalue weighted by Gasteiger charge is 2.30. The Labute approximate surface area is 76.2 Å². The summed E-state index contributed by atoms with van der Waals surface area (Å²) in [6, 6.07) is 0. The van der Waals surface area contributed by atoms with Gasteiger partial charge in [0.2, 0.25) is 0 Å². The van der Waals surface area contributed by atoms with Crippen molar-refractivity contribution >= 4 is 5.78 Å². The Bertz CT molecular complexity index is 152. The van der Waals surface area contributed by atoms with Crippen molar-refractivity contribution in [2.45, 2.75) is 27.2 Å². The molecule has 2 nitrogen and oxygen atoms in total. The first-order valence-corrected chi connectivity index (χ1v) is 4.86. The van der Waals surface area contributed by atoms with E-state index in [1.807, 2.05) is 20.8 Å². The standard InChI is InChI=1S/C8H16NO.C2H6/c1-7-6-9(2,3)5-4-8(7)10;1-2/h7H,4-6H2,1-3H3;1-2H3/q+1;. The van der Waals surface area contributed by atoms with Gasteiger partial charge in [-0.05, 0) is 0 Å². The van der Waals surface area contributed by atoms with Crippen LogP contribution in [0.5, 0.6) is 0 Å². The maximum absolute atomic E-state index is 11.1. The fourth-order valence-electron chi connectivity index (χ4n) is 1.59. The summed E-state index contributed by atoms with van der Waals surface area (Å²) in [6.07, 6.45) is 0.772. The summed E-state index contributed by atoms with van der Waals surface area (Å²) in [7, 11) is 4.37. The van der Waals surface area contributed by atoms with Gasteiger partial charge in [0.25, 0.3) is 0 Å². The second-order valence-corrected chi connectivity index (χ2v) is 3.96. The van der Waals surface area contributed by atoms with E-state index in [0.29, 0.717) is 5.78 Å². The summed E-state index contributed by atoms with van der Waals surface area (Å²) in [5.74, 6) is 0.723. The molecule has 0 radical (unpaired) electrons. The number of ketones is 1. The van der Waals surface area contributed by atoms with Crippen molar-refractivity contribution in [1.29, 1.82) is 0 Å². The van der Waals surface area contributed by atoms with E-state index in [0.717, 1.165) is 24.0 Å². The fourth-order valence-corrected chi connectivity index (χ4v) is 1.59. The molecule has 1 rings (SSSR count). The molecule has 1 aliphatic heterocycles. The molecule has 1 fully saturated rings. The molecule has 0 spiro atoms. The third kappa shape index (κ3) is 3.35. The Morgan fingerprint density at radius 2 is 1.83 bits per heavy atom. The number of Topliss-reactive ketones (excluding diaryl/α,β-unsaturated/α-hetero) is 1. The Balaban J connectivity index is 0.000000561. The number of rotatable bonds is 0. The third-order valence-electron chi connectivity index (χ3n) is 2.28. The van der Waals surface area contributed by atoms with Crippen molar-refractivity contribution in [2.24, 2.45) is 5.92 Å². The smallest absolute Gasteiger partial charge is 0.146 e. The minimum absolute atomic E-state index is 0.281. The molecular weight excluding hydrogens is 150 g/mol. The minimum atomic E-state index is 0.281. The van der Waals surface area contributed by atoms with Gasteiger partial charge in [0.1, 0.15) is 5.78 Å². The van der Waals surface area contributed by atoms with Crippen LogP contribution < -0.4 is 0 Å². The highest BCUT2D eigenvalue weighted by atomic mass is 16.1. The third-order valence-corrected chi connectivity index (χ3v) is 2.28. The second-order valence-electron chi connectivity index (χ2n) is 3.96. The fraction of sp³-hybridized carbons (Fsp3) is 0.900. The molecule has 0 N–H and O–H groups in total. The molecule has 72 valence electrons. The Kier molecular flexibility index (Phi) is 4.46. The number of quaternary nitrogens is 1. The van der Waals surface area contributed by atoms with Crippen molar-refractivity contribution < 1.29 is 9.28 Å². The topological polar surface area (TPSA) is 17.1 Å². The lowest BCUT2D eigenvalue weighted by molar-refractivity contribution is -0.894. The van der Waals surface area contributed by atoms with Gasteiger partial charge in [-0.1, -0.05) is 20.8 Å². The quantitative estimate of drug-likeness (QED) is 0.508. The number of carbonyl (C=O) groups is 1. The maximum atomic E-state index is 11.1. The van der Waals surface area contributed by atoms with Crippen LogP contribution in [0.3, 0.4) is 0 Å².